The Hall–Kier alpha value is -1.85. The third-order valence-corrected chi connectivity index (χ3v) is 4.34. The van der Waals surface area contributed by atoms with Crippen molar-refractivity contribution in [3.8, 4) is 0 Å². The Morgan fingerprint density at radius 3 is 2.65 bits per heavy atom. The molecule has 0 saturated carbocycles. The second-order valence-electron chi connectivity index (χ2n) is 6.74. The minimum atomic E-state index is -0.664. The van der Waals surface area contributed by atoms with Gasteiger partial charge in [0, 0.05) is 42.5 Å². The van der Waals surface area contributed by atoms with Crippen LogP contribution in [0.25, 0.3) is 10.9 Å². The molecule has 0 radical (unpaired) electrons. The summed E-state index contributed by atoms with van der Waals surface area (Å²) >= 11 is 0. The molecule has 5 nitrogen and oxygen atoms in total. The van der Waals surface area contributed by atoms with Crippen molar-refractivity contribution >= 4 is 16.8 Å². The number of aryl methyl sites for hydroxylation is 2. The number of aliphatic hydroxyl groups is 2. The van der Waals surface area contributed by atoms with Crippen LogP contribution in [0, 0.1) is 12.3 Å². The lowest BCUT2D eigenvalue weighted by Gasteiger charge is -2.30. The van der Waals surface area contributed by atoms with Crippen molar-refractivity contribution in [1.82, 2.24) is 9.88 Å². The zero-order valence-electron chi connectivity index (χ0n) is 14.1. The first-order valence-electron chi connectivity index (χ1n) is 7.91. The van der Waals surface area contributed by atoms with Crippen molar-refractivity contribution in [2.24, 2.45) is 5.41 Å². The van der Waals surface area contributed by atoms with E-state index in [9.17, 15) is 15.0 Å². The fraction of sp³-hybridized carbons (Fsp3) is 0.500. The molecular formula is C18H26N2O3. The number of carbonyl (C=O) groups is 1. The lowest BCUT2D eigenvalue weighted by molar-refractivity contribution is -0.132. The van der Waals surface area contributed by atoms with E-state index in [-0.39, 0.29) is 19.1 Å². The second kappa shape index (κ2) is 7.15. The lowest BCUT2D eigenvalue weighted by Crippen LogP contribution is -2.41. The number of hydrogen-bond donors (Lipinski definition) is 3. The number of aromatic amines is 1. The molecule has 3 N–H and O–H groups in total. The van der Waals surface area contributed by atoms with Crippen LogP contribution in [0.3, 0.4) is 0 Å². The van der Waals surface area contributed by atoms with E-state index >= 15 is 0 Å². The number of hydrogen-bond acceptors (Lipinski definition) is 3. The quantitative estimate of drug-likeness (QED) is 0.729. The molecule has 1 aromatic carbocycles. The molecule has 1 amide bonds. The highest BCUT2D eigenvalue weighted by Gasteiger charge is 2.26. The van der Waals surface area contributed by atoms with E-state index in [4.69, 9.17) is 0 Å². The van der Waals surface area contributed by atoms with Gasteiger partial charge in [0.15, 0.2) is 0 Å². The predicted molar refractivity (Wildman–Crippen MR) is 91.3 cm³/mol. The first kappa shape index (κ1) is 17.5. The second-order valence-corrected chi connectivity index (χ2v) is 6.74. The van der Waals surface area contributed by atoms with Crippen molar-refractivity contribution in [2.45, 2.75) is 26.7 Å². The molecule has 0 aliphatic carbocycles. The maximum atomic E-state index is 12.3. The van der Waals surface area contributed by atoms with Gasteiger partial charge in [-0.15, -0.1) is 0 Å². The number of fused-ring (bicyclic) bond motifs is 1. The van der Waals surface area contributed by atoms with Crippen molar-refractivity contribution in [3.63, 3.8) is 0 Å². The van der Waals surface area contributed by atoms with Gasteiger partial charge in [0.2, 0.25) is 5.91 Å². The monoisotopic (exact) mass is 318 g/mol. The Balaban J connectivity index is 1.99. The van der Waals surface area contributed by atoms with Gasteiger partial charge in [-0.1, -0.05) is 18.6 Å². The average Bonchev–Trinajstić information content (AvgIpc) is 2.94. The van der Waals surface area contributed by atoms with Crippen LogP contribution in [0.2, 0.25) is 0 Å². The molecule has 5 heteroatoms. The van der Waals surface area contributed by atoms with E-state index in [1.54, 1.807) is 18.9 Å². The molecule has 0 aliphatic rings. The van der Waals surface area contributed by atoms with Gasteiger partial charge in [-0.05, 0) is 31.0 Å². The molecule has 0 unspecified atom stereocenters. The number of rotatable bonds is 7. The van der Waals surface area contributed by atoms with E-state index < -0.39 is 5.41 Å². The van der Waals surface area contributed by atoms with Gasteiger partial charge in [-0.25, -0.2) is 0 Å². The van der Waals surface area contributed by atoms with E-state index in [1.807, 2.05) is 6.20 Å². The number of aromatic nitrogens is 1. The van der Waals surface area contributed by atoms with Crippen LogP contribution in [0.5, 0.6) is 0 Å². The smallest absolute Gasteiger partial charge is 0.222 e. The predicted octanol–water partition coefficient (Wildman–Crippen LogP) is 1.86. The van der Waals surface area contributed by atoms with Crippen LogP contribution in [0.4, 0.5) is 0 Å². The maximum absolute atomic E-state index is 12.3. The van der Waals surface area contributed by atoms with E-state index in [0.717, 1.165) is 16.5 Å². The molecule has 0 aliphatic heterocycles. The van der Waals surface area contributed by atoms with Crippen molar-refractivity contribution in [2.75, 3.05) is 26.8 Å². The van der Waals surface area contributed by atoms with Crippen LogP contribution in [0.15, 0.2) is 24.4 Å². The van der Waals surface area contributed by atoms with Gasteiger partial charge in [0.25, 0.3) is 0 Å². The highest BCUT2D eigenvalue weighted by molar-refractivity contribution is 5.84. The largest absolute Gasteiger partial charge is 0.396 e. The highest BCUT2D eigenvalue weighted by Crippen LogP contribution is 2.21. The van der Waals surface area contributed by atoms with Crippen LogP contribution in [-0.4, -0.2) is 52.8 Å². The van der Waals surface area contributed by atoms with Crippen LogP contribution in [-0.2, 0) is 11.2 Å². The van der Waals surface area contributed by atoms with Crippen LogP contribution in [0.1, 0.15) is 24.5 Å². The molecule has 1 aromatic heterocycles. The molecule has 1 heterocycles. The number of aliphatic hydroxyl groups excluding tert-OH is 2. The topological polar surface area (TPSA) is 76.6 Å². The summed E-state index contributed by atoms with van der Waals surface area (Å²) in [6.45, 7) is 3.86. The van der Waals surface area contributed by atoms with E-state index in [2.05, 4.69) is 30.1 Å². The van der Waals surface area contributed by atoms with Gasteiger partial charge in [-0.2, -0.15) is 0 Å². The van der Waals surface area contributed by atoms with Crippen molar-refractivity contribution in [3.05, 3.63) is 35.5 Å². The Morgan fingerprint density at radius 2 is 2.00 bits per heavy atom. The number of H-pyrrole nitrogens is 1. The SMILES string of the molecule is Cc1ccc2[nH]cc(CCC(=O)N(C)CC(C)(CO)CO)c2c1. The third kappa shape index (κ3) is 4.12. The van der Waals surface area contributed by atoms with E-state index in [0.29, 0.717) is 19.4 Å². The fourth-order valence-corrected chi connectivity index (χ4v) is 2.74. The molecule has 0 bridgehead atoms. The third-order valence-electron chi connectivity index (χ3n) is 4.34. The average molecular weight is 318 g/mol. The van der Waals surface area contributed by atoms with Crippen LogP contribution < -0.4 is 0 Å². The molecule has 0 saturated heterocycles. The van der Waals surface area contributed by atoms with Gasteiger partial charge in [0.05, 0.1) is 13.2 Å². The van der Waals surface area contributed by atoms with Crippen molar-refractivity contribution in [1.29, 1.82) is 0 Å². The molecule has 2 rings (SSSR count). The lowest BCUT2D eigenvalue weighted by atomic mass is 9.92. The molecule has 0 atom stereocenters. The molecular weight excluding hydrogens is 292 g/mol. The summed E-state index contributed by atoms with van der Waals surface area (Å²) in [5.41, 5.74) is 2.75. The molecule has 2 aromatic rings. The first-order valence-corrected chi connectivity index (χ1v) is 7.91. The zero-order chi connectivity index (χ0) is 17.0. The van der Waals surface area contributed by atoms with E-state index in [1.165, 1.54) is 5.56 Å². The number of amides is 1. The zero-order valence-corrected chi connectivity index (χ0v) is 14.1. The Labute approximate surface area is 136 Å². The highest BCUT2D eigenvalue weighted by atomic mass is 16.3. The number of benzene rings is 1. The minimum absolute atomic E-state index is 0.0140. The molecule has 23 heavy (non-hydrogen) atoms. The summed E-state index contributed by atoms with van der Waals surface area (Å²) < 4.78 is 0. The standard InChI is InChI=1S/C18H26N2O3/c1-13-4-6-16-15(8-13)14(9-19-16)5-7-17(23)20(3)10-18(2,11-21)12-22/h4,6,8-9,19,21-22H,5,7,10-12H2,1-3H3. The summed E-state index contributed by atoms with van der Waals surface area (Å²) in [5, 5.41) is 19.8. The summed E-state index contributed by atoms with van der Waals surface area (Å²) in [6, 6.07) is 6.24. The fourth-order valence-electron chi connectivity index (χ4n) is 2.74. The summed E-state index contributed by atoms with van der Waals surface area (Å²) in [7, 11) is 1.71. The molecule has 0 fully saturated rings. The number of carbonyl (C=O) groups excluding carboxylic acids is 1. The number of nitrogens with one attached hydrogen (secondary N) is 1. The maximum Gasteiger partial charge on any atom is 0.222 e. The Bertz CT molecular complexity index is 674. The summed E-state index contributed by atoms with van der Waals surface area (Å²) in [4.78, 5) is 17.1. The minimum Gasteiger partial charge on any atom is -0.396 e. The summed E-state index contributed by atoms with van der Waals surface area (Å²) in [5.74, 6) is 0.0140. The van der Waals surface area contributed by atoms with Gasteiger partial charge >= 0.3 is 0 Å². The summed E-state index contributed by atoms with van der Waals surface area (Å²) in [6.07, 6.45) is 3.04. The molecule has 0 spiro atoms. The Kier molecular flexibility index (Phi) is 5.44. The number of nitrogens with zero attached hydrogens (tertiary/aromatic N) is 1. The van der Waals surface area contributed by atoms with Gasteiger partial charge in [0.1, 0.15) is 0 Å². The normalized spacial score (nSPS) is 11.9. The van der Waals surface area contributed by atoms with Gasteiger partial charge in [-0.3, -0.25) is 4.79 Å². The first-order chi connectivity index (χ1) is 10.9. The molecule has 126 valence electrons. The van der Waals surface area contributed by atoms with Crippen molar-refractivity contribution < 1.29 is 15.0 Å². The van der Waals surface area contributed by atoms with Gasteiger partial charge < -0.3 is 20.1 Å². The van der Waals surface area contributed by atoms with Crippen LogP contribution >= 0.6 is 0 Å². The Morgan fingerprint density at radius 1 is 1.30 bits per heavy atom.